The van der Waals surface area contributed by atoms with Gasteiger partial charge in [0, 0.05) is 20.7 Å². The van der Waals surface area contributed by atoms with Crippen molar-refractivity contribution in [3.63, 3.8) is 0 Å². The van der Waals surface area contributed by atoms with Crippen LogP contribution in [-0.4, -0.2) is 49.1 Å². The highest BCUT2D eigenvalue weighted by atomic mass is 16.5. The number of imidazole rings is 1. The molecule has 27 heavy (non-hydrogen) atoms. The lowest BCUT2D eigenvalue weighted by molar-refractivity contribution is -0.119. The molecule has 3 rings (SSSR count). The predicted octanol–water partition coefficient (Wildman–Crippen LogP) is 2.12. The number of carbonyl (C=O) groups is 1. The quantitative estimate of drug-likeness (QED) is 0.649. The van der Waals surface area contributed by atoms with Crippen LogP contribution in [0.1, 0.15) is 18.1 Å². The van der Waals surface area contributed by atoms with Crippen LogP contribution in [0.4, 0.5) is 5.82 Å². The molecule has 7 heteroatoms. The van der Waals surface area contributed by atoms with E-state index in [9.17, 15) is 10.1 Å². The molecular formula is C20H23N5O2. The number of aryl methyl sites for hydroxylation is 1. The molecule has 2 heterocycles. The van der Waals surface area contributed by atoms with Crippen LogP contribution in [0, 0.1) is 11.3 Å². The number of pyridine rings is 1. The Hall–Kier alpha value is -3.11. The zero-order valence-corrected chi connectivity index (χ0v) is 15.8. The van der Waals surface area contributed by atoms with Crippen molar-refractivity contribution in [3.05, 3.63) is 41.5 Å². The SMILES string of the molecule is CCc1cc(N(C)CC(=O)NCCOC)n2c(nc3ccccc32)c1C#N. The Labute approximate surface area is 158 Å². The number of fused-ring (bicyclic) bond motifs is 3. The van der Waals surface area contributed by atoms with Gasteiger partial charge in [-0.15, -0.1) is 0 Å². The molecule has 7 nitrogen and oxygen atoms in total. The molecule has 0 unspecified atom stereocenters. The van der Waals surface area contributed by atoms with E-state index in [-0.39, 0.29) is 12.5 Å². The lowest BCUT2D eigenvalue weighted by atomic mass is 10.1. The van der Waals surface area contributed by atoms with Gasteiger partial charge in [-0.25, -0.2) is 4.98 Å². The van der Waals surface area contributed by atoms with E-state index in [0.717, 1.165) is 22.4 Å². The van der Waals surface area contributed by atoms with Gasteiger partial charge in [0.1, 0.15) is 11.9 Å². The van der Waals surface area contributed by atoms with Crippen molar-refractivity contribution in [1.82, 2.24) is 14.7 Å². The van der Waals surface area contributed by atoms with Crippen LogP contribution in [0.25, 0.3) is 16.7 Å². The minimum absolute atomic E-state index is 0.0884. The van der Waals surface area contributed by atoms with Crippen molar-refractivity contribution in [3.8, 4) is 6.07 Å². The van der Waals surface area contributed by atoms with E-state index in [2.05, 4.69) is 16.4 Å². The number of rotatable bonds is 7. The highest BCUT2D eigenvalue weighted by molar-refractivity contribution is 5.86. The number of methoxy groups -OCH3 is 1. The summed E-state index contributed by atoms with van der Waals surface area (Å²) in [5, 5.41) is 12.5. The molecule has 0 saturated heterocycles. The molecule has 140 valence electrons. The first-order valence-electron chi connectivity index (χ1n) is 8.90. The van der Waals surface area contributed by atoms with E-state index >= 15 is 0 Å². The van der Waals surface area contributed by atoms with Crippen LogP contribution in [0.2, 0.25) is 0 Å². The molecule has 0 fully saturated rings. The zero-order chi connectivity index (χ0) is 19.4. The maximum Gasteiger partial charge on any atom is 0.239 e. The minimum Gasteiger partial charge on any atom is -0.383 e. The van der Waals surface area contributed by atoms with Gasteiger partial charge in [0.25, 0.3) is 0 Å². The summed E-state index contributed by atoms with van der Waals surface area (Å²) in [6, 6.07) is 12.0. The lowest BCUT2D eigenvalue weighted by Crippen LogP contribution is -2.37. The Morgan fingerprint density at radius 1 is 1.41 bits per heavy atom. The Morgan fingerprint density at radius 3 is 2.89 bits per heavy atom. The molecule has 0 aliphatic rings. The fourth-order valence-electron chi connectivity index (χ4n) is 3.19. The number of para-hydroxylation sites is 2. The number of carbonyl (C=O) groups excluding carboxylic acids is 1. The highest BCUT2D eigenvalue weighted by Crippen LogP contribution is 2.28. The van der Waals surface area contributed by atoms with E-state index in [1.165, 1.54) is 0 Å². The van der Waals surface area contributed by atoms with Crippen LogP contribution < -0.4 is 10.2 Å². The van der Waals surface area contributed by atoms with Gasteiger partial charge >= 0.3 is 0 Å². The third-order valence-electron chi connectivity index (χ3n) is 4.53. The second kappa shape index (κ2) is 8.06. The molecule has 1 N–H and O–H groups in total. The molecule has 0 bridgehead atoms. The summed E-state index contributed by atoms with van der Waals surface area (Å²) in [7, 11) is 3.47. The molecule has 0 radical (unpaired) electrons. The van der Waals surface area contributed by atoms with E-state index in [4.69, 9.17) is 4.74 Å². The molecule has 0 spiro atoms. The molecule has 0 aliphatic heterocycles. The maximum atomic E-state index is 12.2. The maximum absolute atomic E-state index is 12.2. The van der Waals surface area contributed by atoms with E-state index in [1.54, 1.807) is 7.11 Å². The zero-order valence-electron chi connectivity index (χ0n) is 15.8. The van der Waals surface area contributed by atoms with Crippen LogP contribution >= 0.6 is 0 Å². The summed E-state index contributed by atoms with van der Waals surface area (Å²) >= 11 is 0. The van der Waals surface area contributed by atoms with Gasteiger partial charge < -0.3 is 15.0 Å². The Balaban J connectivity index is 2.09. The van der Waals surface area contributed by atoms with Gasteiger partial charge in [0.2, 0.25) is 5.91 Å². The molecule has 0 saturated carbocycles. The van der Waals surface area contributed by atoms with Gasteiger partial charge in [-0.1, -0.05) is 19.1 Å². The standard InChI is InChI=1S/C20H23N5O2/c1-4-14-11-19(24(2)13-18(26)22-9-10-27-3)25-17-8-6-5-7-16(17)23-20(25)15(14)12-21/h5-8,11H,4,9-10,13H2,1-3H3,(H,22,26). The molecule has 0 aliphatic carbocycles. The Kier molecular flexibility index (Phi) is 5.57. The van der Waals surface area contributed by atoms with Crippen LogP contribution in [0.3, 0.4) is 0 Å². The van der Waals surface area contributed by atoms with Crippen molar-refractivity contribution in [1.29, 1.82) is 5.26 Å². The number of anilines is 1. The Bertz CT molecular complexity index is 1020. The number of likely N-dealkylation sites (N-methyl/N-ethyl adjacent to an activating group) is 1. The first kappa shape index (κ1) is 18.7. The second-order valence-electron chi connectivity index (χ2n) is 6.33. The summed E-state index contributed by atoms with van der Waals surface area (Å²) in [6.07, 6.45) is 0.712. The molecule has 1 amide bonds. The third-order valence-corrected chi connectivity index (χ3v) is 4.53. The molecule has 0 atom stereocenters. The normalized spacial score (nSPS) is 10.9. The second-order valence-corrected chi connectivity index (χ2v) is 6.33. The summed E-state index contributed by atoms with van der Waals surface area (Å²) in [6.45, 7) is 3.15. The molecule has 2 aromatic heterocycles. The van der Waals surface area contributed by atoms with Crippen molar-refractivity contribution in [2.75, 3.05) is 38.8 Å². The molecular weight excluding hydrogens is 342 g/mol. The molecule has 1 aromatic carbocycles. The lowest BCUT2D eigenvalue weighted by Gasteiger charge is -2.22. The van der Waals surface area contributed by atoms with Crippen molar-refractivity contribution < 1.29 is 9.53 Å². The number of hydrogen-bond acceptors (Lipinski definition) is 5. The Morgan fingerprint density at radius 2 is 2.19 bits per heavy atom. The van der Waals surface area contributed by atoms with E-state index in [1.807, 2.05) is 53.6 Å². The van der Waals surface area contributed by atoms with E-state index < -0.39 is 0 Å². The van der Waals surface area contributed by atoms with Gasteiger partial charge in [-0.05, 0) is 30.2 Å². The fourth-order valence-corrected chi connectivity index (χ4v) is 3.19. The summed E-state index contributed by atoms with van der Waals surface area (Å²) in [5.41, 5.74) is 3.85. The number of ether oxygens (including phenoxy) is 1. The topological polar surface area (TPSA) is 82.7 Å². The van der Waals surface area contributed by atoms with Gasteiger partial charge in [-0.2, -0.15) is 5.26 Å². The largest absolute Gasteiger partial charge is 0.383 e. The van der Waals surface area contributed by atoms with Crippen molar-refractivity contribution in [2.45, 2.75) is 13.3 Å². The monoisotopic (exact) mass is 365 g/mol. The number of nitrogens with one attached hydrogen (secondary N) is 1. The van der Waals surface area contributed by atoms with Crippen LogP contribution in [0.5, 0.6) is 0 Å². The first-order chi connectivity index (χ1) is 13.1. The first-order valence-corrected chi connectivity index (χ1v) is 8.90. The number of amides is 1. The highest BCUT2D eigenvalue weighted by Gasteiger charge is 2.19. The molecule has 3 aromatic rings. The van der Waals surface area contributed by atoms with Crippen molar-refractivity contribution >= 4 is 28.4 Å². The third kappa shape index (κ3) is 3.57. The smallest absolute Gasteiger partial charge is 0.239 e. The summed E-state index contributed by atoms with van der Waals surface area (Å²) in [4.78, 5) is 18.8. The number of hydrogen-bond donors (Lipinski definition) is 1. The van der Waals surface area contributed by atoms with Crippen LogP contribution in [0.15, 0.2) is 30.3 Å². The van der Waals surface area contributed by atoms with E-state index in [0.29, 0.717) is 30.8 Å². The predicted molar refractivity (Wildman–Crippen MR) is 105 cm³/mol. The van der Waals surface area contributed by atoms with Gasteiger partial charge in [0.05, 0.1) is 29.7 Å². The number of aromatic nitrogens is 2. The van der Waals surface area contributed by atoms with Crippen molar-refractivity contribution in [2.24, 2.45) is 0 Å². The minimum atomic E-state index is -0.0884. The summed E-state index contributed by atoms with van der Waals surface area (Å²) in [5.74, 6) is 0.742. The summed E-state index contributed by atoms with van der Waals surface area (Å²) < 4.78 is 6.92. The van der Waals surface area contributed by atoms with Crippen LogP contribution in [-0.2, 0) is 16.0 Å². The average Bonchev–Trinajstić information content (AvgIpc) is 3.06. The fraction of sp³-hybridized carbons (Fsp3) is 0.350. The number of benzene rings is 1. The van der Waals surface area contributed by atoms with Gasteiger partial charge in [0.15, 0.2) is 5.65 Å². The number of nitriles is 1. The number of nitrogens with zero attached hydrogens (tertiary/aromatic N) is 4. The van der Waals surface area contributed by atoms with Gasteiger partial charge in [-0.3, -0.25) is 9.20 Å². The average molecular weight is 365 g/mol.